The quantitative estimate of drug-likeness (QED) is 0.295. The van der Waals surface area contributed by atoms with Gasteiger partial charge >= 0.3 is 5.97 Å². The Morgan fingerprint density at radius 1 is 1.31 bits per heavy atom. The van der Waals surface area contributed by atoms with Crippen molar-refractivity contribution in [1.82, 2.24) is 0 Å². The maximum atomic E-state index is 11.2. The summed E-state index contributed by atoms with van der Waals surface area (Å²) in [5.74, 6) is -1.88. The van der Waals surface area contributed by atoms with Crippen LogP contribution >= 0.6 is 0 Å². The maximum Gasteiger partial charge on any atom is 0.333 e. The van der Waals surface area contributed by atoms with Crippen LogP contribution in [0.4, 0.5) is 0 Å². The van der Waals surface area contributed by atoms with E-state index in [9.17, 15) is 14.4 Å². The smallest absolute Gasteiger partial charge is 0.333 e. The molecular formula is C11H16O5. The largest absolute Gasteiger partial charge is 0.462 e. The molecule has 0 unspecified atom stereocenters. The van der Waals surface area contributed by atoms with Gasteiger partial charge in [0.2, 0.25) is 11.6 Å². The molecule has 90 valence electrons. The van der Waals surface area contributed by atoms with E-state index >= 15 is 0 Å². The number of esters is 1. The van der Waals surface area contributed by atoms with E-state index in [0.29, 0.717) is 6.42 Å². The van der Waals surface area contributed by atoms with Gasteiger partial charge in [-0.3, -0.25) is 9.59 Å². The van der Waals surface area contributed by atoms with Crippen LogP contribution in [0.5, 0.6) is 0 Å². The van der Waals surface area contributed by atoms with Gasteiger partial charge in [0, 0.05) is 25.0 Å². The number of hydrogen-bond donors (Lipinski definition) is 1. The summed E-state index contributed by atoms with van der Waals surface area (Å²) in [6, 6.07) is 0. The Bertz CT molecular complexity index is 303. The van der Waals surface area contributed by atoms with Crippen molar-refractivity contribution in [3.05, 3.63) is 11.6 Å². The van der Waals surface area contributed by atoms with Crippen molar-refractivity contribution >= 4 is 17.5 Å². The van der Waals surface area contributed by atoms with Gasteiger partial charge in [0.25, 0.3) is 0 Å². The molecule has 0 heterocycles. The molecule has 0 radical (unpaired) electrons. The van der Waals surface area contributed by atoms with Gasteiger partial charge in [0.1, 0.15) is 0 Å². The summed E-state index contributed by atoms with van der Waals surface area (Å²) in [7, 11) is 0. The molecule has 0 saturated heterocycles. The molecule has 0 aromatic rings. The molecule has 0 aliphatic rings. The Morgan fingerprint density at radius 2 is 1.94 bits per heavy atom. The van der Waals surface area contributed by atoms with Gasteiger partial charge in [0.05, 0.1) is 6.61 Å². The summed E-state index contributed by atoms with van der Waals surface area (Å²) in [5, 5.41) is 8.46. The monoisotopic (exact) mass is 228 g/mol. The highest BCUT2D eigenvalue weighted by atomic mass is 16.5. The van der Waals surface area contributed by atoms with E-state index in [2.05, 4.69) is 0 Å². The van der Waals surface area contributed by atoms with Crippen LogP contribution in [0, 0.1) is 0 Å². The van der Waals surface area contributed by atoms with Crippen LogP contribution < -0.4 is 0 Å². The standard InChI is InChI=1S/C11H16O5/c1-3-9(13)10(14)7-8(2)11(15)16-6-4-5-12/h7,12H,3-6H2,1-2H3. The summed E-state index contributed by atoms with van der Waals surface area (Å²) in [4.78, 5) is 33.3. The van der Waals surface area contributed by atoms with Gasteiger partial charge < -0.3 is 9.84 Å². The summed E-state index contributed by atoms with van der Waals surface area (Å²) in [6.07, 6.45) is 1.44. The number of rotatable bonds is 7. The van der Waals surface area contributed by atoms with E-state index in [1.54, 1.807) is 6.92 Å². The second-order valence-electron chi connectivity index (χ2n) is 3.18. The van der Waals surface area contributed by atoms with E-state index in [-0.39, 0.29) is 25.2 Å². The zero-order valence-electron chi connectivity index (χ0n) is 9.49. The number of allylic oxidation sites excluding steroid dienone is 1. The number of aliphatic hydroxyl groups excluding tert-OH is 1. The SMILES string of the molecule is CCC(=O)C(=O)C=C(C)C(=O)OCCCO. The number of ether oxygens (including phenoxy) is 1. The number of carbonyl (C=O) groups is 3. The zero-order valence-corrected chi connectivity index (χ0v) is 9.49. The first-order chi connectivity index (χ1) is 7.52. The topological polar surface area (TPSA) is 80.7 Å². The number of Topliss-reactive ketones (excluding diaryl/α,β-unsaturated/α-hetero) is 1. The van der Waals surface area contributed by atoms with E-state index in [4.69, 9.17) is 9.84 Å². The summed E-state index contributed by atoms with van der Waals surface area (Å²) >= 11 is 0. The molecule has 0 spiro atoms. The molecule has 0 atom stereocenters. The van der Waals surface area contributed by atoms with Crippen molar-refractivity contribution in [2.24, 2.45) is 0 Å². The fraction of sp³-hybridized carbons (Fsp3) is 0.545. The minimum absolute atomic E-state index is 0.0662. The number of hydrogen-bond acceptors (Lipinski definition) is 5. The third kappa shape index (κ3) is 5.41. The Kier molecular flexibility index (Phi) is 7.03. The third-order valence-electron chi connectivity index (χ3n) is 1.80. The van der Waals surface area contributed by atoms with Gasteiger partial charge in [-0.25, -0.2) is 4.79 Å². The number of carbonyl (C=O) groups excluding carboxylic acids is 3. The number of aliphatic hydroxyl groups is 1. The van der Waals surface area contributed by atoms with Crippen LogP contribution in [0.25, 0.3) is 0 Å². The highest BCUT2D eigenvalue weighted by Crippen LogP contribution is 1.99. The lowest BCUT2D eigenvalue weighted by Crippen LogP contribution is -2.13. The Morgan fingerprint density at radius 3 is 2.44 bits per heavy atom. The Labute approximate surface area is 94.1 Å². The van der Waals surface area contributed by atoms with Crippen LogP contribution in [0.2, 0.25) is 0 Å². The van der Waals surface area contributed by atoms with E-state index in [1.165, 1.54) is 6.92 Å². The minimum Gasteiger partial charge on any atom is -0.462 e. The molecule has 0 bridgehead atoms. The van der Waals surface area contributed by atoms with Crippen molar-refractivity contribution in [3.8, 4) is 0 Å². The zero-order chi connectivity index (χ0) is 12.6. The first-order valence-electron chi connectivity index (χ1n) is 5.06. The Hall–Kier alpha value is -1.49. The van der Waals surface area contributed by atoms with Gasteiger partial charge in [-0.15, -0.1) is 0 Å². The predicted octanol–water partition coefficient (Wildman–Crippen LogP) is 0.406. The molecule has 0 aromatic heterocycles. The normalized spacial score (nSPS) is 11.1. The van der Waals surface area contributed by atoms with Gasteiger partial charge in [-0.1, -0.05) is 6.92 Å². The first-order valence-corrected chi connectivity index (χ1v) is 5.06. The molecule has 0 aliphatic heterocycles. The van der Waals surface area contributed by atoms with Crippen molar-refractivity contribution in [2.45, 2.75) is 26.7 Å². The summed E-state index contributed by atoms with van der Waals surface area (Å²) in [5.41, 5.74) is 0.0877. The second-order valence-corrected chi connectivity index (χ2v) is 3.18. The van der Waals surface area contributed by atoms with Gasteiger partial charge in [-0.2, -0.15) is 0 Å². The molecular weight excluding hydrogens is 212 g/mol. The minimum atomic E-state index is -0.695. The van der Waals surface area contributed by atoms with Gasteiger partial charge in [0.15, 0.2) is 0 Å². The Balaban J connectivity index is 4.26. The second kappa shape index (κ2) is 7.76. The van der Waals surface area contributed by atoms with Crippen LogP contribution in [-0.4, -0.2) is 35.9 Å². The highest BCUT2D eigenvalue weighted by Gasteiger charge is 2.12. The lowest BCUT2D eigenvalue weighted by Gasteiger charge is -2.02. The fourth-order valence-corrected chi connectivity index (χ4v) is 0.854. The molecule has 16 heavy (non-hydrogen) atoms. The van der Waals surface area contributed by atoms with Crippen LogP contribution in [0.15, 0.2) is 11.6 Å². The van der Waals surface area contributed by atoms with E-state index in [1.807, 2.05) is 0 Å². The van der Waals surface area contributed by atoms with Crippen LogP contribution in [-0.2, 0) is 19.1 Å². The molecule has 0 aliphatic carbocycles. The average Bonchev–Trinajstić information content (AvgIpc) is 2.27. The molecule has 0 aromatic carbocycles. The highest BCUT2D eigenvalue weighted by molar-refractivity contribution is 6.42. The molecule has 0 fully saturated rings. The third-order valence-corrected chi connectivity index (χ3v) is 1.80. The number of ketones is 2. The molecule has 1 N–H and O–H groups in total. The van der Waals surface area contributed by atoms with E-state index in [0.717, 1.165) is 6.08 Å². The van der Waals surface area contributed by atoms with Crippen molar-refractivity contribution in [3.63, 3.8) is 0 Å². The molecule has 5 heteroatoms. The molecule has 0 amide bonds. The average molecular weight is 228 g/mol. The fourth-order valence-electron chi connectivity index (χ4n) is 0.854. The molecule has 0 rings (SSSR count). The van der Waals surface area contributed by atoms with Crippen molar-refractivity contribution < 1.29 is 24.2 Å². The predicted molar refractivity (Wildman–Crippen MR) is 56.7 cm³/mol. The van der Waals surface area contributed by atoms with Crippen molar-refractivity contribution in [2.75, 3.05) is 13.2 Å². The molecule has 5 nitrogen and oxygen atoms in total. The van der Waals surface area contributed by atoms with E-state index < -0.39 is 17.5 Å². The van der Waals surface area contributed by atoms with Crippen LogP contribution in [0.3, 0.4) is 0 Å². The lowest BCUT2D eigenvalue weighted by molar-refractivity contribution is -0.139. The van der Waals surface area contributed by atoms with Crippen molar-refractivity contribution in [1.29, 1.82) is 0 Å². The summed E-state index contributed by atoms with van der Waals surface area (Å²) < 4.78 is 4.73. The van der Waals surface area contributed by atoms with Crippen LogP contribution in [0.1, 0.15) is 26.7 Å². The maximum absolute atomic E-state index is 11.2. The first kappa shape index (κ1) is 14.5. The lowest BCUT2D eigenvalue weighted by atomic mass is 10.1. The van der Waals surface area contributed by atoms with Gasteiger partial charge in [-0.05, 0) is 13.0 Å². The molecule has 0 saturated carbocycles. The summed E-state index contributed by atoms with van der Waals surface area (Å²) in [6.45, 7) is 3.00.